The van der Waals surface area contributed by atoms with Crippen LogP contribution in [0, 0.1) is 23.0 Å². The van der Waals surface area contributed by atoms with Gasteiger partial charge in [-0.3, -0.25) is 0 Å². The zero-order chi connectivity index (χ0) is 13.8. The van der Waals surface area contributed by atoms with Crippen molar-refractivity contribution in [3.63, 3.8) is 0 Å². The second-order valence-electron chi connectivity index (χ2n) is 4.01. The Bertz CT molecular complexity index is 635. The monoisotopic (exact) mass is 259 g/mol. The van der Waals surface area contributed by atoms with Crippen LogP contribution in [0.15, 0.2) is 30.5 Å². The van der Waals surface area contributed by atoms with Crippen LogP contribution in [0.5, 0.6) is 0 Å². The second-order valence-corrected chi connectivity index (χ2v) is 4.01. The molecule has 0 fully saturated rings. The topological polar surface area (TPSA) is 49.6 Å². The van der Waals surface area contributed by atoms with Crippen LogP contribution in [0.1, 0.15) is 25.1 Å². The molecular formula is C14H11F2N3. The summed E-state index contributed by atoms with van der Waals surface area (Å²) in [7, 11) is 0. The summed E-state index contributed by atoms with van der Waals surface area (Å²) in [6, 6.07) is 6.75. The van der Waals surface area contributed by atoms with Gasteiger partial charge < -0.3 is 0 Å². The average Bonchev–Trinajstić information content (AvgIpc) is 2.43. The van der Waals surface area contributed by atoms with E-state index in [0.717, 1.165) is 18.2 Å². The molecular weight excluding hydrogens is 248 g/mol. The summed E-state index contributed by atoms with van der Waals surface area (Å²) in [4.78, 5) is 8.16. The predicted molar refractivity (Wildman–Crippen MR) is 66.0 cm³/mol. The largest absolute Gasteiger partial charge is 0.240 e. The molecule has 0 radical (unpaired) electrons. The first-order valence-corrected chi connectivity index (χ1v) is 5.83. The minimum absolute atomic E-state index is 0.0662. The van der Waals surface area contributed by atoms with Gasteiger partial charge in [-0.05, 0) is 30.7 Å². The van der Waals surface area contributed by atoms with Crippen LogP contribution >= 0.6 is 0 Å². The van der Waals surface area contributed by atoms with E-state index in [1.807, 2.05) is 6.92 Å². The SMILES string of the molecule is CCC(C#N)c1nccc(-c2cc(F)ccc2F)n1. The number of rotatable bonds is 3. The van der Waals surface area contributed by atoms with Crippen LogP contribution in [0.3, 0.4) is 0 Å². The first kappa shape index (κ1) is 13.1. The maximum absolute atomic E-state index is 13.7. The number of hydrogen-bond donors (Lipinski definition) is 0. The molecule has 1 heterocycles. The van der Waals surface area contributed by atoms with Gasteiger partial charge in [0.2, 0.25) is 0 Å². The van der Waals surface area contributed by atoms with E-state index >= 15 is 0 Å². The standard InChI is InChI=1S/C14H11F2N3/c1-2-9(8-17)14-18-6-5-13(19-14)11-7-10(15)3-4-12(11)16/h3-7,9H,2H2,1H3. The van der Waals surface area contributed by atoms with E-state index in [-0.39, 0.29) is 11.3 Å². The Morgan fingerprint density at radius 2 is 2.11 bits per heavy atom. The maximum Gasteiger partial charge on any atom is 0.146 e. The molecule has 0 aliphatic carbocycles. The van der Waals surface area contributed by atoms with Crippen molar-refractivity contribution in [3.8, 4) is 17.3 Å². The lowest BCUT2D eigenvalue weighted by Crippen LogP contribution is -2.02. The van der Waals surface area contributed by atoms with Crippen molar-refractivity contribution in [2.45, 2.75) is 19.3 Å². The zero-order valence-electron chi connectivity index (χ0n) is 10.3. The molecule has 96 valence electrons. The summed E-state index contributed by atoms with van der Waals surface area (Å²) >= 11 is 0. The Balaban J connectivity index is 2.49. The Labute approximate surface area is 109 Å². The normalized spacial score (nSPS) is 11.9. The molecule has 3 nitrogen and oxygen atoms in total. The van der Waals surface area contributed by atoms with Crippen molar-refractivity contribution in [1.82, 2.24) is 9.97 Å². The van der Waals surface area contributed by atoms with E-state index in [1.54, 1.807) is 0 Å². The number of nitriles is 1. The van der Waals surface area contributed by atoms with Gasteiger partial charge in [0.1, 0.15) is 23.4 Å². The van der Waals surface area contributed by atoms with Crippen LogP contribution in [-0.4, -0.2) is 9.97 Å². The van der Waals surface area contributed by atoms with Crippen molar-refractivity contribution in [2.75, 3.05) is 0 Å². The van der Waals surface area contributed by atoms with E-state index in [0.29, 0.717) is 12.2 Å². The fraction of sp³-hybridized carbons (Fsp3) is 0.214. The molecule has 0 N–H and O–H groups in total. The third kappa shape index (κ3) is 2.74. The van der Waals surface area contributed by atoms with Gasteiger partial charge >= 0.3 is 0 Å². The van der Waals surface area contributed by atoms with E-state index in [1.165, 1.54) is 12.3 Å². The molecule has 2 rings (SSSR count). The van der Waals surface area contributed by atoms with Crippen molar-refractivity contribution in [2.24, 2.45) is 0 Å². The first-order valence-electron chi connectivity index (χ1n) is 5.83. The predicted octanol–water partition coefficient (Wildman–Crippen LogP) is 3.44. The van der Waals surface area contributed by atoms with Crippen molar-refractivity contribution >= 4 is 0 Å². The Morgan fingerprint density at radius 3 is 2.79 bits per heavy atom. The average molecular weight is 259 g/mol. The highest BCUT2D eigenvalue weighted by atomic mass is 19.1. The molecule has 0 saturated carbocycles. The molecule has 1 aromatic carbocycles. The van der Waals surface area contributed by atoms with Crippen LogP contribution in [0.2, 0.25) is 0 Å². The lowest BCUT2D eigenvalue weighted by Gasteiger charge is -2.07. The van der Waals surface area contributed by atoms with E-state index in [2.05, 4.69) is 16.0 Å². The molecule has 0 spiro atoms. The molecule has 1 aromatic heterocycles. The smallest absolute Gasteiger partial charge is 0.146 e. The van der Waals surface area contributed by atoms with Crippen molar-refractivity contribution in [3.05, 3.63) is 47.9 Å². The van der Waals surface area contributed by atoms with Crippen LogP contribution in [-0.2, 0) is 0 Å². The summed E-state index contributed by atoms with van der Waals surface area (Å²) in [6.45, 7) is 1.84. The molecule has 0 amide bonds. The van der Waals surface area contributed by atoms with Gasteiger partial charge in [0, 0.05) is 11.8 Å². The molecule has 0 bridgehead atoms. The minimum atomic E-state index is -0.559. The quantitative estimate of drug-likeness (QED) is 0.848. The highest BCUT2D eigenvalue weighted by Gasteiger charge is 2.14. The molecule has 2 aromatic rings. The van der Waals surface area contributed by atoms with Gasteiger partial charge in [-0.1, -0.05) is 6.92 Å². The Kier molecular flexibility index (Phi) is 3.81. The minimum Gasteiger partial charge on any atom is -0.240 e. The second kappa shape index (κ2) is 5.53. The van der Waals surface area contributed by atoms with Crippen LogP contribution in [0.25, 0.3) is 11.3 Å². The molecule has 1 atom stereocenters. The lowest BCUT2D eigenvalue weighted by molar-refractivity contribution is 0.602. The maximum atomic E-state index is 13.7. The Hall–Kier alpha value is -2.35. The molecule has 0 saturated heterocycles. The summed E-state index contributed by atoms with van der Waals surface area (Å²) in [5.41, 5.74) is 0.340. The van der Waals surface area contributed by atoms with Crippen LogP contribution < -0.4 is 0 Å². The van der Waals surface area contributed by atoms with Gasteiger partial charge in [-0.15, -0.1) is 0 Å². The summed E-state index contributed by atoms with van der Waals surface area (Å²) in [5, 5.41) is 8.98. The fourth-order valence-corrected chi connectivity index (χ4v) is 1.72. The molecule has 1 unspecified atom stereocenters. The third-order valence-corrected chi connectivity index (χ3v) is 2.75. The van der Waals surface area contributed by atoms with Crippen LogP contribution in [0.4, 0.5) is 8.78 Å². The first-order chi connectivity index (χ1) is 9.15. The third-order valence-electron chi connectivity index (χ3n) is 2.75. The number of aromatic nitrogens is 2. The lowest BCUT2D eigenvalue weighted by atomic mass is 10.1. The van der Waals surface area contributed by atoms with Gasteiger partial charge in [0.05, 0.1) is 11.8 Å². The number of hydrogen-bond acceptors (Lipinski definition) is 3. The number of halogens is 2. The van der Waals surface area contributed by atoms with Gasteiger partial charge in [-0.25, -0.2) is 18.7 Å². The fourth-order valence-electron chi connectivity index (χ4n) is 1.72. The number of benzene rings is 1. The van der Waals surface area contributed by atoms with Crippen molar-refractivity contribution < 1.29 is 8.78 Å². The highest BCUT2D eigenvalue weighted by molar-refractivity contribution is 5.59. The van der Waals surface area contributed by atoms with Crippen molar-refractivity contribution in [1.29, 1.82) is 5.26 Å². The highest BCUT2D eigenvalue weighted by Crippen LogP contribution is 2.23. The van der Waals surface area contributed by atoms with E-state index in [9.17, 15) is 8.78 Å². The van der Waals surface area contributed by atoms with E-state index in [4.69, 9.17) is 5.26 Å². The molecule has 0 aliphatic rings. The van der Waals surface area contributed by atoms with E-state index < -0.39 is 17.6 Å². The molecule has 5 heteroatoms. The molecule has 19 heavy (non-hydrogen) atoms. The van der Waals surface area contributed by atoms with Gasteiger partial charge in [-0.2, -0.15) is 5.26 Å². The van der Waals surface area contributed by atoms with Gasteiger partial charge in [0.25, 0.3) is 0 Å². The summed E-state index contributed by atoms with van der Waals surface area (Å²) < 4.78 is 26.8. The summed E-state index contributed by atoms with van der Waals surface area (Å²) in [5.74, 6) is -1.22. The molecule has 0 aliphatic heterocycles. The Morgan fingerprint density at radius 1 is 1.32 bits per heavy atom. The summed E-state index contributed by atoms with van der Waals surface area (Å²) in [6.07, 6.45) is 2.01. The zero-order valence-corrected chi connectivity index (χ0v) is 10.3. The van der Waals surface area contributed by atoms with Gasteiger partial charge in [0.15, 0.2) is 0 Å². The number of nitrogens with zero attached hydrogens (tertiary/aromatic N) is 3.